The predicted molar refractivity (Wildman–Crippen MR) is 199 cm³/mol. The summed E-state index contributed by atoms with van der Waals surface area (Å²) in [5.41, 5.74) is 1.63. The number of likely N-dealkylation sites (N-methyl/N-ethyl adjacent to an activating group) is 1. The fraction of sp³-hybridized carbons (Fsp3) is 0.524. The van der Waals surface area contributed by atoms with Crippen molar-refractivity contribution in [1.82, 2.24) is 10.2 Å². The molecule has 12 nitrogen and oxygen atoms in total. The highest BCUT2D eigenvalue weighted by Crippen LogP contribution is 2.40. The Bertz CT molecular complexity index is 1720. The van der Waals surface area contributed by atoms with Crippen LogP contribution < -0.4 is 5.32 Å². The maximum Gasteiger partial charge on any atom is 0.339 e. The van der Waals surface area contributed by atoms with Gasteiger partial charge in [0.1, 0.15) is 36.7 Å². The van der Waals surface area contributed by atoms with Gasteiger partial charge in [-0.25, -0.2) is 4.79 Å². The van der Waals surface area contributed by atoms with Gasteiger partial charge < -0.3 is 39.0 Å². The molecule has 290 valence electrons. The van der Waals surface area contributed by atoms with Crippen LogP contribution in [-0.4, -0.2) is 102 Å². The number of fused-ring (bicyclic) bond motifs is 2. The highest BCUT2D eigenvalue weighted by atomic mass is 16.7. The van der Waals surface area contributed by atoms with Crippen LogP contribution in [0.15, 0.2) is 72.3 Å². The van der Waals surface area contributed by atoms with E-state index in [2.05, 4.69) is 11.4 Å². The number of amides is 2. The average molecular weight is 745 g/mol. The van der Waals surface area contributed by atoms with Gasteiger partial charge >= 0.3 is 11.9 Å². The first-order chi connectivity index (χ1) is 25.9. The Kier molecular flexibility index (Phi) is 12.7. The Balaban J connectivity index is 1.15. The molecule has 0 radical (unpaired) electrons. The predicted octanol–water partition coefficient (Wildman–Crippen LogP) is 4.53. The summed E-state index contributed by atoms with van der Waals surface area (Å²) in [6, 6.07) is 14.9. The first-order valence-electron chi connectivity index (χ1n) is 18.9. The summed E-state index contributed by atoms with van der Waals surface area (Å²) in [6.07, 6.45) is 7.99. The van der Waals surface area contributed by atoms with Gasteiger partial charge in [0.15, 0.2) is 0 Å². The molecule has 0 bridgehead atoms. The largest absolute Gasteiger partial charge is 0.460 e. The van der Waals surface area contributed by atoms with E-state index in [0.29, 0.717) is 29.3 Å². The number of benzene rings is 2. The summed E-state index contributed by atoms with van der Waals surface area (Å²) in [4.78, 5) is 55.6. The highest BCUT2D eigenvalue weighted by molar-refractivity contribution is 5.98. The molecule has 2 aliphatic carbocycles. The number of aliphatic hydroxyl groups is 1. The lowest BCUT2D eigenvalue weighted by Gasteiger charge is -2.34. The van der Waals surface area contributed by atoms with Gasteiger partial charge in [-0.1, -0.05) is 60.7 Å². The Hall–Kier alpha value is -4.36. The summed E-state index contributed by atoms with van der Waals surface area (Å²) >= 11 is 0. The minimum atomic E-state index is -0.976. The number of rotatable bonds is 14. The number of esters is 2. The van der Waals surface area contributed by atoms with Crippen molar-refractivity contribution in [3.63, 3.8) is 0 Å². The van der Waals surface area contributed by atoms with Crippen LogP contribution in [0.4, 0.5) is 0 Å². The number of epoxide rings is 1. The minimum Gasteiger partial charge on any atom is -0.460 e. The van der Waals surface area contributed by atoms with Crippen molar-refractivity contribution in [3.8, 4) is 0 Å². The van der Waals surface area contributed by atoms with Gasteiger partial charge in [-0.3, -0.25) is 14.4 Å². The number of hydrogen-bond donors (Lipinski definition) is 2. The third kappa shape index (κ3) is 10.2. The van der Waals surface area contributed by atoms with Crippen LogP contribution in [0.25, 0.3) is 6.08 Å². The first-order valence-corrected chi connectivity index (χ1v) is 18.9. The zero-order valence-electron chi connectivity index (χ0n) is 31.5. The molecule has 2 saturated heterocycles. The van der Waals surface area contributed by atoms with E-state index in [4.69, 9.17) is 23.7 Å². The molecule has 6 rings (SSSR count). The van der Waals surface area contributed by atoms with Crippen LogP contribution in [0, 0.1) is 5.92 Å². The highest BCUT2D eigenvalue weighted by Gasteiger charge is 2.45. The fourth-order valence-corrected chi connectivity index (χ4v) is 7.40. The lowest BCUT2D eigenvalue weighted by Crippen LogP contribution is -2.53. The van der Waals surface area contributed by atoms with Crippen molar-refractivity contribution in [2.75, 3.05) is 20.4 Å². The molecule has 54 heavy (non-hydrogen) atoms. The molecule has 2 aromatic rings. The number of aliphatic hydroxyl groups excluding tert-OH is 1. The SMILES string of the molecule is CN(C(=O)C1=C[C@H]2OCO[C@H]2[C@H](OC(=O)c2ccccc2C=CC2CCC3OC3C2)C1)[C@H](Cc1ccccc1)C(=O)N[C@H](CO)CCC(=O)OC(C)(C)C. The van der Waals surface area contributed by atoms with E-state index in [-0.39, 0.29) is 32.5 Å². The van der Waals surface area contributed by atoms with Gasteiger partial charge in [-0.05, 0) is 75.6 Å². The van der Waals surface area contributed by atoms with Gasteiger partial charge in [0.2, 0.25) is 11.8 Å². The number of ether oxygens (including phenoxy) is 5. The standard InChI is InChI=1S/C42H52N2O10/c1-42(2,3)54-37(46)19-17-30(24-45)43-39(47)32(20-26-10-6-5-7-11-26)44(4)40(48)29-22-35-38(51-25-50-35)36(23-29)53-41(49)31-13-9-8-12-28(31)16-14-27-15-18-33-34(21-27)52-33/h5-14,16,22,27,30,32-36,38,45H,15,17-21,23-25H2,1-4H3,(H,43,47)/t27?,30-,32+,33?,34?,35+,36+,38+/m0/s1. The number of nitrogens with one attached hydrogen (secondary N) is 1. The van der Waals surface area contributed by atoms with E-state index in [9.17, 15) is 24.3 Å². The van der Waals surface area contributed by atoms with Crippen molar-refractivity contribution < 1.29 is 48.0 Å². The Morgan fingerprint density at radius 1 is 1.02 bits per heavy atom. The Labute approximate surface area is 316 Å². The van der Waals surface area contributed by atoms with Gasteiger partial charge in [0, 0.05) is 31.9 Å². The Morgan fingerprint density at radius 3 is 2.52 bits per heavy atom. The van der Waals surface area contributed by atoms with Crippen molar-refractivity contribution >= 4 is 29.8 Å². The van der Waals surface area contributed by atoms with Crippen molar-refractivity contribution in [2.24, 2.45) is 5.92 Å². The second kappa shape index (κ2) is 17.4. The maximum absolute atomic E-state index is 14.3. The molecule has 12 heteroatoms. The second-order valence-corrected chi connectivity index (χ2v) is 15.6. The van der Waals surface area contributed by atoms with Gasteiger partial charge in [-0.15, -0.1) is 0 Å². The monoisotopic (exact) mass is 744 g/mol. The molecule has 0 aromatic heterocycles. The van der Waals surface area contributed by atoms with Crippen molar-refractivity contribution in [1.29, 1.82) is 0 Å². The van der Waals surface area contributed by atoms with E-state index in [1.54, 1.807) is 46.0 Å². The topological polar surface area (TPSA) is 153 Å². The molecule has 2 N–H and O–H groups in total. The smallest absolute Gasteiger partial charge is 0.339 e. The minimum absolute atomic E-state index is 0.00394. The zero-order chi connectivity index (χ0) is 38.4. The molecule has 4 aliphatic rings. The van der Waals surface area contributed by atoms with Crippen LogP contribution >= 0.6 is 0 Å². The van der Waals surface area contributed by atoms with Crippen LogP contribution in [0.5, 0.6) is 0 Å². The van der Waals surface area contributed by atoms with Crippen molar-refractivity contribution in [2.45, 2.75) is 114 Å². The number of carbonyl (C=O) groups excluding carboxylic acids is 4. The van der Waals surface area contributed by atoms with Gasteiger partial charge in [0.25, 0.3) is 0 Å². The molecule has 3 unspecified atom stereocenters. The second-order valence-electron chi connectivity index (χ2n) is 15.6. The zero-order valence-corrected chi connectivity index (χ0v) is 31.5. The molecule has 8 atom stereocenters. The lowest BCUT2D eigenvalue weighted by atomic mass is 9.88. The van der Waals surface area contributed by atoms with Crippen LogP contribution in [-0.2, 0) is 44.5 Å². The molecule has 0 spiro atoms. The average Bonchev–Trinajstić information content (AvgIpc) is 3.77. The quantitative estimate of drug-likeness (QED) is 0.209. The normalized spacial score (nSPS) is 25.8. The number of nitrogens with zero attached hydrogens (tertiary/aromatic N) is 1. The molecule has 2 aliphatic heterocycles. The van der Waals surface area contributed by atoms with Gasteiger partial charge in [0.05, 0.1) is 30.4 Å². The van der Waals surface area contributed by atoms with Crippen LogP contribution in [0.1, 0.15) is 80.8 Å². The fourth-order valence-electron chi connectivity index (χ4n) is 7.40. The van der Waals surface area contributed by atoms with Crippen LogP contribution in [0.3, 0.4) is 0 Å². The molecule has 1 saturated carbocycles. The number of carbonyl (C=O) groups is 4. The molecule has 2 aromatic carbocycles. The van der Waals surface area contributed by atoms with E-state index in [1.165, 1.54) is 4.90 Å². The van der Waals surface area contributed by atoms with E-state index < -0.39 is 66.4 Å². The third-order valence-corrected chi connectivity index (χ3v) is 10.4. The maximum atomic E-state index is 14.3. The molecule has 3 fully saturated rings. The lowest BCUT2D eigenvalue weighted by molar-refractivity contribution is -0.155. The van der Waals surface area contributed by atoms with E-state index in [0.717, 1.165) is 30.4 Å². The summed E-state index contributed by atoms with van der Waals surface area (Å²) < 4.78 is 28.8. The Morgan fingerprint density at radius 2 is 1.78 bits per heavy atom. The van der Waals surface area contributed by atoms with E-state index >= 15 is 0 Å². The summed E-state index contributed by atoms with van der Waals surface area (Å²) in [7, 11) is 1.55. The molecule has 2 heterocycles. The molecular weight excluding hydrogens is 692 g/mol. The first kappa shape index (κ1) is 39.3. The van der Waals surface area contributed by atoms with E-state index in [1.807, 2.05) is 48.5 Å². The molecule has 2 amide bonds. The van der Waals surface area contributed by atoms with Crippen molar-refractivity contribution in [3.05, 3.63) is 89.0 Å². The summed E-state index contributed by atoms with van der Waals surface area (Å²) in [6.45, 7) is 4.88. The summed E-state index contributed by atoms with van der Waals surface area (Å²) in [5.74, 6) is -1.51. The molecular formula is C42H52N2O10. The van der Waals surface area contributed by atoms with Gasteiger partial charge in [-0.2, -0.15) is 0 Å². The number of allylic oxidation sites excluding steroid dienone is 1. The number of hydrogen-bond acceptors (Lipinski definition) is 10. The third-order valence-electron chi connectivity index (χ3n) is 10.4. The van der Waals surface area contributed by atoms with Crippen LogP contribution in [0.2, 0.25) is 0 Å². The summed E-state index contributed by atoms with van der Waals surface area (Å²) in [5, 5.41) is 12.9.